The van der Waals surface area contributed by atoms with Crippen molar-refractivity contribution in [3.05, 3.63) is 23.2 Å². The summed E-state index contributed by atoms with van der Waals surface area (Å²) in [7, 11) is 1.48. The van der Waals surface area contributed by atoms with Crippen molar-refractivity contribution in [3.8, 4) is 5.75 Å². The molecule has 1 aromatic carbocycles. The van der Waals surface area contributed by atoms with Crippen molar-refractivity contribution in [2.45, 2.75) is 0 Å². The van der Waals surface area contributed by atoms with Crippen LogP contribution in [0.5, 0.6) is 5.75 Å². The van der Waals surface area contributed by atoms with E-state index in [1.807, 2.05) is 0 Å². The first-order valence-corrected chi connectivity index (χ1v) is 3.98. The van der Waals surface area contributed by atoms with Crippen LogP contribution in [0.3, 0.4) is 0 Å². The molecule has 0 radical (unpaired) electrons. The Morgan fingerprint density at radius 3 is 2.85 bits per heavy atom. The monoisotopic (exact) mass is 200 g/mol. The van der Waals surface area contributed by atoms with E-state index < -0.39 is 6.03 Å². The largest absolute Gasteiger partial charge is 0.506 e. The van der Waals surface area contributed by atoms with Crippen LogP contribution in [0.25, 0.3) is 0 Å². The first-order valence-electron chi connectivity index (χ1n) is 3.60. The molecule has 2 amide bonds. The van der Waals surface area contributed by atoms with Crippen LogP contribution in [0.2, 0.25) is 5.02 Å². The van der Waals surface area contributed by atoms with Gasteiger partial charge in [-0.15, -0.1) is 0 Å². The molecule has 1 aromatic rings. The number of amides is 2. The molecule has 0 saturated heterocycles. The van der Waals surface area contributed by atoms with Crippen molar-refractivity contribution in [1.29, 1.82) is 0 Å². The number of benzene rings is 1. The zero-order valence-electron chi connectivity index (χ0n) is 6.97. The maximum absolute atomic E-state index is 10.9. The summed E-state index contributed by atoms with van der Waals surface area (Å²) < 4.78 is 0. The number of halogens is 1. The van der Waals surface area contributed by atoms with E-state index in [4.69, 9.17) is 11.6 Å². The van der Waals surface area contributed by atoms with Crippen molar-refractivity contribution >= 4 is 23.3 Å². The maximum atomic E-state index is 10.9. The number of rotatable bonds is 1. The number of carbonyl (C=O) groups excluding carboxylic acids is 1. The van der Waals surface area contributed by atoms with Crippen LogP contribution < -0.4 is 10.6 Å². The summed E-state index contributed by atoms with van der Waals surface area (Å²) >= 11 is 5.66. The molecule has 0 aliphatic carbocycles. The van der Waals surface area contributed by atoms with Crippen molar-refractivity contribution in [2.24, 2.45) is 0 Å². The van der Waals surface area contributed by atoms with Crippen molar-refractivity contribution in [2.75, 3.05) is 12.4 Å². The lowest BCUT2D eigenvalue weighted by molar-refractivity contribution is 0.254. The second-order valence-corrected chi connectivity index (χ2v) is 2.80. The molecule has 0 atom stereocenters. The minimum absolute atomic E-state index is 0.0204. The maximum Gasteiger partial charge on any atom is 0.319 e. The fraction of sp³-hybridized carbons (Fsp3) is 0.125. The van der Waals surface area contributed by atoms with Gasteiger partial charge < -0.3 is 15.7 Å². The van der Waals surface area contributed by atoms with Gasteiger partial charge in [-0.2, -0.15) is 0 Å². The van der Waals surface area contributed by atoms with Crippen LogP contribution in [0, 0.1) is 0 Å². The smallest absolute Gasteiger partial charge is 0.319 e. The Hall–Kier alpha value is -1.42. The lowest BCUT2D eigenvalue weighted by Gasteiger charge is -2.06. The van der Waals surface area contributed by atoms with Gasteiger partial charge in [-0.1, -0.05) is 11.6 Å². The highest BCUT2D eigenvalue weighted by Gasteiger charge is 2.04. The van der Waals surface area contributed by atoms with E-state index in [-0.39, 0.29) is 11.4 Å². The summed E-state index contributed by atoms with van der Waals surface area (Å²) in [6, 6.07) is 4.00. The molecule has 0 unspecified atom stereocenters. The molecule has 70 valence electrons. The van der Waals surface area contributed by atoms with Crippen LogP contribution in [-0.2, 0) is 0 Å². The number of hydrogen-bond donors (Lipinski definition) is 3. The Morgan fingerprint density at radius 1 is 1.54 bits per heavy atom. The van der Waals surface area contributed by atoms with Gasteiger partial charge in [-0.25, -0.2) is 4.79 Å². The molecule has 0 heterocycles. The van der Waals surface area contributed by atoms with Crippen molar-refractivity contribution in [1.82, 2.24) is 5.32 Å². The average molecular weight is 201 g/mol. The van der Waals surface area contributed by atoms with Gasteiger partial charge in [0.05, 0.1) is 5.69 Å². The molecule has 3 N–H and O–H groups in total. The van der Waals surface area contributed by atoms with Crippen LogP contribution in [0.1, 0.15) is 0 Å². The highest BCUT2D eigenvalue weighted by atomic mass is 35.5. The number of hydrogen-bond acceptors (Lipinski definition) is 2. The van der Waals surface area contributed by atoms with Crippen molar-refractivity contribution in [3.63, 3.8) is 0 Å². The Labute approximate surface area is 80.5 Å². The lowest BCUT2D eigenvalue weighted by atomic mass is 10.3. The first-order chi connectivity index (χ1) is 6.13. The predicted molar refractivity (Wildman–Crippen MR) is 51.2 cm³/mol. The first kappa shape index (κ1) is 9.67. The SMILES string of the molecule is CNC(=O)Nc1cc(Cl)ccc1O. The molecule has 4 nitrogen and oxygen atoms in total. The molecule has 0 fully saturated rings. The van der Waals surface area contributed by atoms with Gasteiger partial charge in [0.25, 0.3) is 0 Å². The van der Waals surface area contributed by atoms with E-state index in [1.165, 1.54) is 25.2 Å². The quantitative estimate of drug-likeness (QED) is 0.606. The lowest BCUT2D eigenvalue weighted by Crippen LogP contribution is -2.24. The summed E-state index contributed by atoms with van der Waals surface area (Å²) in [6.07, 6.45) is 0. The molecule has 0 saturated carbocycles. The number of anilines is 1. The Morgan fingerprint density at radius 2 is 2.23 bits per heavy atom. The summed E-state index contributed by atoms with van der Waals surface area (Å²) in [5.74, 6) is -0.0204. The summed E-state index contributed by atoms with van der Waals surface area (Å²) in [5, 5.41) is 14.5. The molecular formula is C8H9ClN2O2. The van der Waals surface area contributed by atoms with Gasteiger partial charge in [-0.3, -0.25) is 0 Å². The standard InChI is InChI=1S/C8H9ClN2O2/c1-10-8(13)11-6-4-5(9)2-3-7(6)12/h2-4,12H,1H3,(H2,10,11,13). The third kappa shape index (κ3) is 2.52. The van der Waals surface area contributed by atoms with Gasteiger partial charge in [-0.05, 0) is 18.2 Å². The van der Waals surface area contributed by atoms with E-state index in [0.29, 0.717) is 5.02 Å². The minimum Gasteiger partial charge on any atom is -0.506 e. The second-order valence-electron chi connectivity index (χ2n) is 2.37. The normalized spacial score (nSPS) is 9.38. The average Bonchev–Trinajstić information content (AvgIpc) is 2.11. The molecular weight excluding hydrogens is 192 g/mol. The number of nitrogens with one attached hydrogen (secondary N) is 2. The third-order valence-electron chi connectivity index (χ3n) is 1.43. The van der Waals surface area contributed by atoms with Gasteiger partial charge in [0.1, 0.15) is 5.75 Å². The van der Waals surface area contributed by atoms with E-state index >= 15 is 0 Å². The fourth-order valence-corrected chi connectivity index (χ4v) is 0.965. The van der Waals surface area contributed by atoms with Crippen LogP contribution in [0.4, 0.5) is 10.5 Å². The highest BCUT2D eigenvalue weighted by Crippen LogP contribution is 2.26. The number of phenols is 1. The summed E-state index contributed by atoms with van der Waals surface area (Å²) in [5.41, 5.74) is 0.284. The molecule has 0 spiro atoms. The summed E-state index contributed by atoms with van der Waals surface area (Å²) in [6.45, 7) is 0. The molecule has 1 rings (SSSR count). The zero-order chi connectivity index (χ0) is 9.84. The zero-order valence-corrected chi connectivity index (χ0v) is 7.72. The van der Waals surface area contributed by atoms with Gasteiger partial charge in [0.2, 0.25) is 0 Å². The fourth-order valence-electron chi connectivity index (χ4n) is 0.793. The van der Waals surface area contributed by atoms with E-state index in [2.05, 4.69) is 10.6 Å². The van der Waals surface area contributed by atoms with Crippen LogP contribution in [-0.4, -0.2) is 18.2 Å². The highest BCUT2D eigenvalue weighted by molar-refractivity contribution is 6.31. The van der Waals surface area contributed by atoms with Gasteiger partial charge >= 0.3 is 6.03 Å². The summed E-state index contributed by atoms with van der Waals surface area (Å²) in [4.78, 5) is 10.9. The number of carbonyl (C=O) groups is 1. The second kappa shape index (κ2) is 4.00. The Balaban J connectivity index is 2.87. The van der Waals surface area contributed by atoms with Crippen molar-refractivity contribution < 1.29 is 9.90 Å². The molecule has 13 heavy (non-hydrogen) atoms. The third-order valence-corrected chi connectivity index (χ3v) is 1.67. The van der Waals surface area contributed by atoms with Crippen LogP contribution in [0.15, 0.2) is 18.2 Å². The van der Waals surface area contributed by atoms with Gasteiger partial charge in [0.15, 0.2) is 0 Å². The van der Waals surface area contributed by atoms with E-state index in [1.54, 1.807) is 0 Å². The topological polar surface area (TPSA) is 61.4 Å². The molecule has 0 aliphatic heterocycles. The molecule has 0 aliphatic rings. The Bertz CT molecular complexity index is 328. The number of urea groups is 1. The van der Waals surface area contributed by atoms with E-state index in [0.717, 1.165) is 0 Å². The molecule has 5 heteroatoms. The Kier molecular flexibility index (Phi) is 2.97. The minimum atomic E-state index is -0.405. The van der Waals surface area contributed by atoms with E-state index in [9.17, 15) is 9.90 Å². The van der Waals surface area contributed by atoms with Crippen LogP contribution >= 0.6 is 11.6 Å². The predicted octanol–water partition coefficient (Wildman–Crippen LogP) is 1.80. The molecule has 0 aromatic heterocycles. The van der Waals surface area contributed by atoms with Gasteiger partial charge in [0, 0.05) is 12.1 Å². The molecule has 0 bridgehead atoms. The number of aromatic hydroxyl groups is 1. The number of phenolic OH excluding ortho intramolecular Hbond substituents is 1.